The highest BCUT2D eigenvalue weighted by Gasteiger charge is 2.50. The van der Waals surface area contributed by atoms with Gasteiger partial charge >= 0.3 is 0 Å². The van der Waals surface area contributed by atoms with Crippen molar-refractivity contribution < 1.29 is 4.74 Å². The van der Waals surface area contributed by atoms with Crippen LogP contribution < -0.4 is 16.2 Å². The van der Waals surface area contributed by atoms with E-state index in [-0.39, 0.29) is 28.5 Å². The molecule has 3 aromatic rings. The Morgan fingerprint density at radius 1 is 1.21 bits per heavy atom. The van der Waals surface area contributed by atoms with Gasteiger partial charge < -0.3 is 15.4 Å². The average molecular weight is 446 g/mol. The monoisotopic (exact) mass is 445 g/mol. The van der Waals surface area contributed by atoms with Gasteiger partial charge in [0.2, 0.25) is 5.95 Å². The predicted molar refractivity (Wildman–Crippen MR) is 124 cm³/mol. The number of hydrogen-bond donors (Lipinski definition) is 3. The van der Waals surface area contributed by atoms with E-state index in [1.54, 1.807) is 0 Å². The number of rotatable bonds is 3. The molecule has 3 fully saturated rings. The Morgan fingerprint density at radius 2 is 1.94 bits per heavy atom. The van der Waals surface area contributed by atoms with Crippen LogP contribution in [0, 0.1) is 12.0 Å². The summed E-state index contributed by atoms with van der Waals surface area (Å²) in [7, 11) is 0. The van der Waals surface area contributed by atoms with Crippen molar-refractivity contribution in [3.8, 4) is 0 Å². The van der Waals surface area contributed by atoms with Crippen LogP contribution >= 0.6 is 0 Å². The molecule has 1 saturated carbocycles. The van der Waals surface area contributed by atoms with Gasteiger partial charge in [0.05, 0.1) is 25.0 Å². The number of aromatic amines is 2. The van der Waals surface area contributed by atoms with Crippen LogP contribution in [0.4, 0.5) is 11.6 Å². The summed E-state index contributed by atoms with van der Waals surface area (Å²) in [4.78, 5) is 26.5. The molecule has 9 heteroatoms. The lowest BCUT2D eigenvalue weighted by atomic mass is 9.73. The number of anilines is 1. The zero-order valence-electron chi connectivity index (χ0n) is 18.6. The third kappa shape index (κ3) is 3.01. The summed E-state index contributed by atoms with van der Waals surface area (Å²) in [5, 5.41) is 8.07. The standard InChI is InChI=1S/C24H27N7O2/c1-14-18(25)23(13-33-14)9-11-31(12-10-23)22-27-20-17(21(32)28-22)19(29-30-20)24(7-8-24)15-3-5-16(26-2)6-4-15/h3-6,14,18H,7-13,25H2,1H3,(H2,27,28,29,30,32)/t14-,18+/m0/s1. The Morgan fingerprint density at radius 3 is 2.55 bits per heavy atom. The summed E-state index contributed by atoms with van der Waals surface area (Å²) in [6, 6.07) is 7.65. The Kier molecular flexibility index (Phi) is 4.41. The zero-order valence-corrected chi connectivity index (χ0v) is 18.6. The molecule has 2 saturated heterocycles. The molecule has 1 spiro atoms. The Labute approximate surface area is 191 Å². The molecule has 1 aromatic carbocycles. The van der Waals surface area contributed by atoms with Crippen LogP contribution in [0.15, 0.2) is 29.1 Å². The molecular weight excluding hydrogens is 418 g/mol. The minimum absolute atomic E-state index is 0.0148. The predicted octanol–water partition coefficient (Wildman–Crippen LogP) is 2.61. The van der Waals surface area contributed by atoms with E-state index < -0.39 is 0 Å². The molecule has 2 atom stereocenters. The first-order valence-corrected chi connectivity index (χ1v) is 11.5. The van der Waals surface area contributed by atoms with Gasteiger partial charge in [-0.3, -0.25) is 14.9 Å². The molecule has 0 radical (unpaired) electrons. The molecule has 2 aliphatic heterocycles. The van der Waals surface area contributed by atoms with Gasteiger partial charge in [-0.15, -0.1) is 0 Å². The van der Waals surface area contributed by atoms with Crippen LogP contribution in [0.3, 0.4) is 0 Å². The molecule has 0 amide bonds. The third-order valence-electron chi connectivity index (χ3n) is 8.09. The first-order chi connectivity index (χ1) is 16.0. The molecule has 2 aromatic heterocycles. The van der Waals surface area contributed by atoms with Crippen molar-refractivity contribution in [2.45, 2.75) is 50.2 Å². The van der Waals surface area contributed by atoms with E-state index in [9.17, 15) is 4.79 Å². The second-order valence-electron chi connectivity index (χ2n) is 9.82. The Bertz CT molecular complexity index is 1310. The van der Waals surface area contributed by atoms with Crippen LogP contribution in [0.2, 0.25) is 0 Å². The van der Waals surface area contributed by atoms with Crippen molar-refractivity contribution in [3.63, 3.8) is 0 Å². The summed E-state index contributed by atoms with van der Waals surface area (Å²) < 4.78 is 5.82. The highest BCUT2D eigenvalue weighted by atomic mass is 16.5. The van der Waals surface area contributed by atoms with Crippen molar-refractivity contribution in [2.75, 3.05) is 24.6 Å². The fourth-order valence-corrected chi connectivity index (χ4v) is 5.72. The highest BCUT2D eigenvalue weighted by molar-refractivity contribution is 5.80. The number of fused-ring (bicyclic) bond motifs is 1. The smallest absolute Gasteiger partial charge is 0.263 e. The van der Waals surface area contributed by atoms with Crippen molar-refractivity contribution in [3.05, 3.63) is 57.3 Å². The van der Waals surface area contributed by atoms with E-state index in [0.29, 0.717) is 29.3 Å². The minimum atomic E-state index is -0.266. The molecule has 9 nitrogen and oxygen atoms in total. The maximum atomic E-state index is 13.2. The number of nitrogens with two attached hydrogens (primary N) is 1. The average Bonchev–Trinajstić information content (AvgIpc) is 3.46. The normalized spacial score (nSPS) is 25.4. The van der Waals surface area contributed by atoms with Crippen LogP contribution in [-0.2, 0) is 10.2 Å². The van der Waals surface area contributed by atoms with Gasteiger partial charge in [-0.1, -0.05) is 24.3 Å². The van der Waals surface area contributed by atoms with Crippen LogP contribution in [0.25, 0.3) is 15.9 Å². The number of nitrogens with one attached hydrogen (secondary N) is 2. The van der Waals surface area contributed by atoms with Crippen molar-refractivity contribution in [2.24, 2.45) is 11.1 Å². The SMILES string of the molecule is [C-]#[N+]c1ccc(C2(c3[nH]nc4nc(N5CCC6(CC5)CO[C@@H](C)[C@H]6N)[nH]c(=O)c34)CC2)cc1. The van der Waals surface area contributed by atoms with Gasteiger partial charge in [0.1, 0.15) is 5.39 Å². The summed E-state index contributed by atoms with van der Waals surface area (Å²) in [6.07, 6.45) is 3.77. The summed E-state index contributed by atoms with van der Waals surface area (Å²) in [6.45, 7) is 11.5. The maximum Gasteiger partial charge on any atom is 0.263 e. The topological polar surface area (TPSA) is 117 Å². The lowest BCUT2D eigenvalue weighted by Crippen LogP contribution is -2.51. The fraction of sp³-hybridized carbons (Fsp3) is 0.500. The quantitative estimate of drug-likeness (QED) is 0.534. The largest absolute Gasteiger partial charge is 0.376 e. The van der Waals surface area contributed by atoms with Gasteiger partial charge in [0, 0.05) is 30.0 Å². The van der Waals surface area contributed by atoms with Gasteiger partial charge in [0.25, 0.3) is 5.56 Å². The summed E-state index contributed by atoms with van der Waals surface area (Å²) in [5.74, 6) is 0.562. The Hall–Kier alpha value is -3.22. The number of H-pyrrole nitrogens is 2. The number of ether oxygens (including phenoxy) is 1. The second-order valence-corrected chi connectivity index (χ2v) is 9.82. The molecule has 1 aliphatic carbocycles. The van der Waals surface area contributed by atoms with Crippen LogP contribution in [-0.4, -0.2) is 52.0 Å². The summed E-state index contributed by atoms with van der Waals surface area (Å²) in [5.41, 5.74) is 8.98. The van der Waals surface area contributed by atoms with E-state index in [4.69, 9.17) is 22.0 Å². The zero-order chi connectivity index (χ0) is 22.8. The van der Waals surface area contributed by atoms with Gasteiger partial charge in [-0.05, 0) is 38.2 Å². The molecule has 3 aliphatic rings. The summed E-state index contributed by atoms with van der Waals surface area (Å²) >= 11 is 0. The van der Waals surface area contributed by atoms with Crippen molar-refractivity contribution >= 4 is 22.7 Å². The lowest BCUT2D eigenvalue weighted by molar-refractivity contribution is 0.0973. The first kappa shape index (κ1) is 20.4. The van der Waals surface area contributed by atoms with Crippen molar-refractivity contribution in [1.82, 2.24) is 20.2 Å². The number of aromatic nitrogens is 4. The lowest BCUT2D eigenvalue weighted by Gasteiger charge is -2.41. The van der Waals surface area contributed by atoms with E-state index in [2.05, 4.69) is 24.9 Å². The highest BCUT2D eigenvalue weighted by Crippen LogP contribution is 2.54. The van der Waals surface area contributed by atoms with Crippen LogP contribution in [0.5, 0.6) is 0 Å². The van der Waals surface area contributed by atoms with Crippen molar-refractivity contribution in [1.29, 1.82) is 0 Å². The van der Waals surface area contributed by atoms with Crippen LogP contribution in [0.1, 0.15) is 43.9 Å². The van der Waals surface area contributed by atoms with Gasteiger partial charge in [0.15, 0.2) is 11.3 Å². The molecule has 4 N–H and O–H groups in total. The van der Waals surface area contributed by atoms with Gasteiger partial charge in [-0.25, -0.2) is 4.85 Å². The van der Waals surface area contributed by atoms with E-state index in [1.165, 1.54) is 0 Å². The third-order valence-corrected chi connectivity index (χ3v) is 8.09. The molecule has 6 rings (SSSR count). The molecule has 170 valence electrons. The van der Waals surface area contributed by atoms with E-state index >= 15 is 0 Å². The number of nitrogens with zero attached hydrogens (tertiary/aromatic N) is 4. The molecule has 4 heterocycles. The van der Waals surface area contributed by atoms with Gasteiger partial charge in [-0.2, -0.15) is 10.1 Å². The fourth-order valence-electron chi connectivity index (χ4n) is 5.72. The van der Waals surface area contributed by atoms with E-state index in [0.717, 1.165) is 50.0 Å². The molecule has 0 bridgehead atoms. The second kappa shape index (κ2) is 7.14. The first-order valence-electron chi connectivity index (χ1n) is 11.5. The minimum Gasteiger partial charge on any atom is -0.376 e. The van der Waals surface area contributed by atoms with E-state index in [1.807, 2.05) is 31.2 Å². The molecular formula is C24H27N7O2. The maximum absolute atomic E-state index is 13.2. The number of benzene rings is 1. The molecule has 33 heavy (non-hydrogen) atoms. The number of piperidine rings is 1. The number of hydrogen-bond acceptors (Lipinski definition) is 6. The molecule has 0 unspecified atom stereocenters. The Balaban J connectivity index is 1.29.